The number of fused-ring (bicyclic) bond motifs is 5. The average Bonchev–Trinajstić information content (AvgIpc) is 3.17. The van der Waals surface area contributed by atoms with Gasteiger partial charge in [-0.2, -0.15) is 0 Å². The molecule has 0 unspecified atom stereocenters. The molecule has 7 atom stereocenters. The van der Waals surface area contributed by atoms with Gasteiger partial charge in [0.15, 0.2) is 0 Å². The quantitative estimate of drug-likeness (QED) is 0.239. The largest absolute Gasteiger partial charge is 0.496 e. The predicted molar refractivity (Wildman–Crippen MR) is 132 cm³/mol. The van der Waals surface area contributed by atoms with Crippen LogP contribution in [0.25, 0.3) is 6.08 Å². The van der Waals surface area contributed by atoms with Crippen LogP contribution < -0.4 is 4.74 Å². The van der Waals surface area contributed by atoms with Gasteiger partial charge in [0.1, 0.15) is 5.75 Å². The summed E-state index contributed by atoms with van der Waals surface area (Å²) in [6.45, 7) is 4.94. The summed E-state index contributed by atoms with van der Waals surface area (Å²) < 4.78 is 5.49. The molecule has 1 aromatic rings. The molecule has 0 amide bonds. The SMILES string of the molecule is COc1ccccc1/C=C/C(=N\O)[C@H]1CC[C@H]2[C@@H]3CC=C4C[C@@H](O)CC[C@]4(C)[C@H]3CC[C@]12C. The van der Waals surface area contributed by atoms with Crippen LogP contribution in [0.15, 0.2) is 47.1 Å². The van der Waals surface area contributed by atoms with Crippen molar-refractivity contribution in [3.8, 4) is 5.75 Å². The van der Waals surface area contributed by atoms with Crippen molar-refractivity contribution >= 4 is 11.8 Å². The summed E-state index contributed by atoms with van der Waals surface area (Å²) in [6, 6.07) is 7.96. The zero-order valence-corrected chi connectivity index (χ0v) is 20.3. The molecule has 4 aliphatic carbocycles. The number of hydrogen-bond acceptors (Lipinski definition) is 4. The number of methoxy groups -OCH3 is 1. The number of hydrogen-bond donors (Lipinski definition) is 2. The Morgan fingerprint density at radius 3 is 2.70 bits per heavy atom. The summed E-state index contributed by atoms with van der Waals surface area (Å²) in [6.07, 6.45) is 15.2. The number of aliphatic hydroxyl groups excluding tert-OH is 1. The van der Waals surface area contributed by atoms with Crippen LogP contribution >= 0.6 is 0 Å². The molecule has 4 aliphatic rings. The number of rotatable bonds is 4. The molecular weight excluding hydrogens is 410 g/mol. The van der Waals surface area contributed by atoms with Crippen molar-refractivity contribution in [1.82, 2.24) is 0 Å². The van der Waals surface area contributed by atoms with Gasteiger partial charge >= 0.3 is 0 Å². The second kappa shape index (κ2) is 8.61. The Bertz CT molecular complexity index is 981. The average molecular weight is 450 g/mol. The van der Waals surface area contributed by atoms with Gasteiger partial charge in [-0.15, -0.1) is 0 Å². The standard InChI is InChI=1S/C29H39NO3/c1-28-16-14-21(31)18-20(28)9-10-22-23-11-12-25(29(23,2)17-15-24(22)28)26(30-32)13-8-19-6-4-5-7-27(19)33-3/h4-9,13,21-25,31-32H,10-12,14-18H2,1-3H3/b13-8+,30-26+/t21-,22-,23-,24-,25+,28-,29-/m0/s1. The van der Waals surface area contributed by atoms with Crippen LogP contribution in [0, 0.1) is 34.5 Å². The number of ether oxygens (including phenoxy) is 1. The first-order chi connectivity index (χ1) is 15.9. The molecule has 3 saturated carbocycles. The fraction of sp³-hybridized carbons (Fsp3) is 0.621. The van der Waals surface area contributed by atoms with Gasteiger partial charge in [-0.1, -0.05) is 48.9 Å². The number of aliphatic hydroxyl groups is 1. The number of nitrogens with zero attached hydrogens (tertiary/aromatic N) is 1. The van der Waals surface area contributed by atoms with Crippen LogP contribution in [0.4, 0.5) is 0 Å². The molecular formula is C29H39NO3. The Hall–Kier alpha value is -2.07. The van der Waals surface area contributed by atoms with Crippen LogP contribution in [0.2, 0.25) is 0 Å². The van der Waals surface area contributed by atoms with Crippen molar-refractivity contribution in [2.75, 3.05) is 7.11 Å². The minimum atomic E-state index is -0.149. The van der Waals surface area contributed by atoms with Crippen molar-refractivity contribution in [3.05, 3.63) is 47.6 Å². The highest BCUT2D eigenvalue weighted by Gasteiger charge is 2.59. The second-order valence-corrected chi connectivity index (χ2v) is 11.4. The van der Waals surface area contributed by atoms with E-state index in [9.17, 15) is 10.3 Å². The van der Waals surface area contributed by atoms with Gasteiger partial charge in [-0.05, 0) is 98.2 Å². The van der Waals surface area contributed by atoms with Gasteiger partial charge in [-0.25, -0.2) is 0 Å². The lowest BCUT2D eigenvalue weighted by atomic mass is 9.47. The molecule has 4 nitrogen and oxygen atoms in total. The third-order valence-electron chi connectivity index (χ3n) is 10.1. The summed E-state index contributed by atoms with van der Waals surface area (Å²) in [7, 11) is 1.69. The van der Waals surface area contributed by atoms with Gasteiger partial charge in [-0.3, -0.25) is 0 Å². The van der Waals surface area contributed by atoms with E-state index in [-0.39, 0.29) is 22.9 Å². The molecule has 0 radical (unpaired) electrons. The minimum Gasteiger partial charge on any atom is -0.496 e. The van der Waals surface area contributed by atoms with E-state index in [2.05, 4.69) is 25.1 Å². The molecule has 2 N–H and O–H groups in total. The van der Waals surface area contributed by atoms with Crippen molar-refractivity contribution < 1.29 is 15.1 Å². The van der Waals surface area contributed by atoms with E-state index in [1.54, 1.807) is 7.11 Å². The Morgan fingerprint density at radius 2 is 1.91 bits per heavy atom. The third kappa shape index (κ3) is 3.65. The van der Waals surface area contributed by atoms with E-state index < -0.39 is 0 Å². The lowest BCUT2D eigenvalue weighted by Crippen LogP contribution is -2.51. The maximum Gasteiger partial charge on any atom is 0.126 e. The number of allylic oxidation sites excluding steroid dienone is 2. The summed E-state index contributed by atoms with van der Waals surface area (Å²) in [5, 5.41) is 24.1. The van der Waals surface area contributed by atoms with Gasteiger partial charge in [0, 0.05) is 11.5 Å². The summed E-state index contributed by atoms with van der Waals surface area (Å²) in [5.41, 5.74) is 3.77. The monoisotopic (exact) mass is 449 g/mol. The van der Waals surface area contributed by atoms with E-state index >= 15 is 0 Å². The Kier molecular flexibility index (Phi) is 5.93. The van der Waals surface area contributed by atoms with Crippen molar-refractivity contribution in [1.29, 1.82) is 0 Å². The van der Waals surface area contributed by atoms with Crippen molar-refractivity contribution in [2.45, 2.75) is 71.3 Å². The van der Waals surface area contributed by atoms with Crippen molar-refractivity contribution in [3.63, 3.8) is 0 Å². The fourth-order valence-corrected chi connectivity index (χ4v) is 8.33. The maximum absolute atomic E-state index is 10.2. The zero-order chi connectivity index (χ0) is 23.2. The fourth-order valence-electron chi connectivity index (χ4n) is 8.33. The van der Waals surface area contributed by atoms with E-state index in [4.69, 9.17) is 4.74 Å². The first kappa shape index (κ1) is 22.7. The van der Waals surface area contributed by atoms with Crippen LogP contribution in [0.1, 0.15) is 70.8 Å². The molecule has 1 aromatic carbocycles. The Labute approximate surface area is 198 Å². The van der Waals surface area contributed by atoms with Gasteiger partial charge in [0.05, 0.1) is 18.9 Å². The molecule has 4 heteroatoms. The van der Waals surface area contributed by atoms with Crippen LogP contribution in [0.5, 0.6) is 5.75 Å². The topological polar surface area (TPSA) is 62.0 Å². The summed E-state index contributed by atoms with van der Waals surface area (Å²) in [5.74, 6) is 3.21. The first-order valence-corrected chi connectivity index (χ1v) is 12.8. The third-order valence-corrected chi connectivity index (χ3v) is 10.1. The van der Waals surface area contributed by atoms with E-state index in [1.807, 2.05) is 36.4 Å². The smallest absolute Gasteiger partial charge is 0.126 e. The summed E-state index contributed by atoms with van der Waals surface area (Å²) >= 11 is 0. The molecule has 5 rings (SSSR count). The van der Waals surface area contributed by atoms with Crippen molar-refractivity contribution in [2.24, 2.45) is 39.7 Å². The highest BCUT2D eigenvalue weighted by molar-refractivity contribution is 6.00. The minimum absolute atomic E-state index is 0.149. The zero-order valence-electron chi connectivity index (χ0n) is 20.3. The number of benzene rings is 1. The molecule has 0 aliphatic heterocycles. The van der Waals surface area contributed by atoms with Crippen LogP contribution in [-0.2, 0) is 0 Å². The molecule has 0 saturated heterocycles. The van der Waals surface area contributed by atoms with Gasteiger partial charge in [0.25, 0.3) is 0 Å². The Morgan fingerprint density at radius 1 is 1.09 bits per heavy atom. The normalized spacial score (nSPS) is 40.7. The Balaban J connectivity index is 1.39. The number of oxime groups is 1. The second-order valence-electron chi connectivity index (χ2n) is 11.4. The predicted octanol–water partition coefficient (Wildman–Crippen LogP) is 6.48. The maximum atomic E-state index is 10.2. The van der Waals surface area contributed by atoms with E-state index in [0.29, 0.717) is 11.8 Å². The molecule has 0 aromatic heterocycles. The van der Waals surface area contributed by atoms with Crippen LogP contribution in [-0.4, -0.2) is 29.2 Å². The first-order valence-electron chi connectivity index (χ1n) is 12.8. The highest BCUT2D eigenvalue weighted by atomic mass is 16.5. The highest BCUT2D eigenvalue weighted by Crippen LogP contribution is 2.66. The van der Waals surface area contributed by atoms with Gasteiger partial charge in [0.2, 0.25) is 0 Å². The molecule has 3 fully saturated rings. The van der Waals surface area contributed by atoms with Crippen LogP contribution in [0.3, 0.4) is 0 Å². The molecule has 0 bridgehead atoms. The lowest BCUT2D eigenvalue weighted by molar-refractivity contribution is -0.0424. The van der Waals surface area contributed by atoms with E-state index in [0.717, 1.165) is 55.0 Å². The summed E-state index contributed by atoms with van der Waals surface area (Å²) in [4.78, 5) is 0. The number of para-hydroxylation sites is 1. The molecule has 0 spiro atoms. The van der Waals surface area contributed by atoms with Gasteiger partial charge < -0.3 is 15.1 Å². The molecule has 0 heterocycles. The molecule has 178 valence electrons. The molecule has 33 heavy (non-hydrogen) atoms. The lowest BCUT2D eigenvalue weighted by Gasteiger charge is -2.58. The van der Waals surface area contributed by atoms with E-state index in [1.165, 1.54) is 24.8 Å².